The van der Waals surface area contributed by atoms with Crippen molar-refractivity contribution in [3.8, 4) is 11.5 Å². The van der Waals surface area contributed by atoms with E-state index in [-0.39, 0.29) is 23.7 Å². The summed E-state index contributed by atoms with van der Waals surface area (Å²) in [5.41, 5.74) is -0.790. The van der Waals surface area contributed by atoms with Gasteiger partial charge < -0.3 is 15.3 Å². The highest BCUT2D eigenvalue weighted by atomic mass is 35.5. The molecule has 1 saturated carbocycles. The zero-order valence-electron chi connectivity index (χ0n) is 11.6. The fourth-order valence-corrected chi connectivity index (χ4v) is 3.01. The van der Waals surface area contributed by atoms with Gasteiger partial charge in [0.05, 0.1) is 16.4 Å². The normalized spacial score (nSPS) is 18.9. The van der Waals surface area contributed by atoms with E-state index < -0.39 is 16.2 Å². The van der Waals surface area contributed by atoms with Crippen molar-refractivity contribution >= 4 is 23.2 Å². The number of phenols is 2. The first-order valence-corrected chi connectivity index (χ1v) is 7.53. The van der Waals surface area contributed by atoms with Crippen molar-refractivity contribution in [3.05, 3.63) is 35.4 Å². The van der Waals surface area contributed by atoms with Gasteiger partial charge >= 0.3 is 0 Å². The lowest BCUT2D eigenvalue weighted by Crippen LogP contribution is -2.47. The van der Waals surface area contributed by atoms with Crippen LogP contribution in [0.15, 0.2) is 24.8 Å². The molecule has 3 N–H and O–H groups in total. The van der Waals surface area contributed by atoms with Gasteiger partial charge in [0.25, 0.3) is 0 Å². The molecule has 1 aliphatic carbocycles. The van der Waals surface area contributed by atoms with Gasteiger partial charge in [-0.25, -0.2) is 9.67 Å². The molecular weight excluding hydrogens is 329 g/mol. The largest absolute Gasteiger partial charge is 0.504 e. The van der Waals surface area contributed by atoms with E-state index in [0.29, 0.717) is 18.4 Å². The minimum absolute atomic E-state index is 0.0120. The summed E-state index contributed by atoms with van der Waals surface area (Å²) >= 11 is 12.5. The summed E-state index contributed by atoms with van der Waals surface area (Å²) in [7, 11) is 0. The van der Waals surface area contributed by atoms with E-state index in [4.69, 9.17) is 23.2 Å². The van der Waals surface area contributed by atoms with Crippen molar-refractivity contribution < 1.29 is 15.3 Å². The molecule has 118 valence electrons. The van der Waals surface area contributed by atoms with Crippen molar-refractivity contribution in [2.45, 2.75) is 36.3 Å². The molecule has 1 heterocycles. The molecule has 0 radical (unpaired) electrons. The molecule has 1 atom stereocenters. The van der Waals surface area contributed by atoms with Crippen molar-refractivity contribution in [3.63, 3.8) is 0 Å². The van der Waals surface area contributed by atoms with Gasteiger partial charge in [0.1, 0.15) is 18.3 Å². The average Bonchev–Trinajstić information content (AvgIpc) is 3.04. The predicted molar refractivity (Wildman–Crippen MR) is 81.3 cm³/mol. The van der Waals surface area contributed by atoms with Gasteiger partial charge in [-0.2, -0.15) is 5.10 Å². The van der Waals surface area contributed by atoms with Crippen molar-refractivity contribution in [2.75, 3.05) is 0 Å². The minimum Gasteiger partial charge on any atom is -0.504 e. The van der Waals surface area contributed by atoms with Crippen LogP contribution in [0.4, 0.5) is 0 Å². The number of aromatic hydroxyl groups is 2. The summed E-state index contributed by atoms with van der Waals surface area (Å²) in [5, 5.41) is 34.3. The molecule has 0 saturated heterocycles. The lowest BCUT2D eigenvalue weighted by molar-refractivity contribution is 0.00762. The van der Waals surface area contributed by atoms with Gasteiger partial charge in [-0.15, -0.1) is 11.6 Å². The summed E-state index contributed by atoms with van der Waals surface area (Å²) in [4.78, 5) is 3.10. The maximum absolute atomic E-state index is 11.1. The van der Waals surface area contributed by atoms with Crippen LogP contribution in [-0.4, -0.2) is 40.6 Å². The molecule has 1 unspecified atom stereocenters. The molecule has 2 aromatic rings. The Bertz CT molecular complexity index is 689. The predicted octanol–water partition coefficient (Wildman–Crippen LogP) is 2.09. The van der Waals surface area contributed by atoms with E-state index in [1.807, 2.05) is 0 Å². The van der Waals surface area contributed by atoms with Gasteiger partial charge in [-0.05, 0) is 24.5 Å². The van der Waals surface area contributed by atoms with E-state index in [0.717, 1.165) is 0 Å². The van der Waals surface area contributed by atoms with Crippen LogP contribution in [0.5, 0.6) is 11.5 Å². The van der Waals surface area contributed by atoms with Crippen molar-refractivity contribution in [1.29, 1.82) is 0 Å². The van der Waals surface area contributed by atoms with Crippen LogP contribution in [-0.2, 0) is 13.0 Å². The van der Waals surface area contributed by atoms with Crippen LogP contribution >= 0.6 is 23.2 Å². The molecular formula is C14H15Cl2N3O3. The summed E-state index contributed by atoms with van der Waals surface area (Å²) < 4.78 is 1.51. The number of alkyl halides is 1. The molecule has 0 spiro atoms. The van der Waals surface area contributed by atoms with Crippen molar-refractivity contribution in [1.82, 2.24) is 14.8 Å². The van der Waals surface area contributed by atoms with Gasteiger partial charge in [-0.3, -0.25) is 0 Å². The second kappa shape index (κ2) is 5.30. The Hall–Kier alpha value is -1.50. The fourth-order valence-electron chi connectivity index (χ4n) is 2.56. The maximum atomic E-state index is 11.1. The third-order valence-corrected chi connectivity index (χ3v) is 5.22. The van der Waals surface area contributed by atoms with E-state index in [1.54, 1.807) is 6.07 Å². The van der Waals surface area contributed by atoms with E-state index in [9.17, 15) is 15.3 Å². The number of hydrogen-bond acceptors (Lipinski definition) is 5. The first-order chi connectivity index (χ1) is 10.3. The Balaban J connectivity index is 1.93. The molecule has 22 heavy (non-hydrogen) atoms. The maximum Gasteiger partial charge on any atom is 0.176 e. The number of phenolic OH excluding ortho intramolecular Hbond substituents is 2. The monoisotopic (exact) mass is 343 g/mol. The summed E-state index contributed by atoms with van der Waals surface area (Å²) in [6.45, 7) is 0.161. The summed E-state index contributed by atoms with van der Waals surface area (Å²) in [5.74, 6) is -0.706. The fraction of sp³-hybridized carbons (Fsp3) is 0.429. The quantitative estimate of drug-likeness (QED) is 0.571. The Labute approximate surface area is 136 Å². The SMILES string of the molecule is Oc1ccc(CC(O)(Cn2cncn2)C2(Cl)CC2)c(Cl)c1O. The molecule has 1 aliphatic rings. The minimum atomic E-state index is -1.30. The Morgan fingerprint density at radius 3 is 2.64 bits per heavy atom. The Morgan fingerprint density at radius 2 is 2.05 bits per heavy atom. The highest BCUT2D eigenvalue weighted by Crippen LogP contribution is 2.53. The van der Waals surface area contributed by atoms with Crippen LogP contribution in [0.25, 0.3) is 0 Å². The van der Waals surface area contributed by atoms with E-state index in [1.165, 1.54) is 23.4 Å². The molecule has 1 aromatic carbocycles. The second-order valence-corrected chi connectivity index (χ2v) is 6.77. The van der Waals surface area contributed by atoms with Crippen LogP contribution in [0, 0.1) is 0 Å². The first-order valence-electron chi connectivity index (χ1n) is 6.78. The third kappa shape index (κ3) is 2.62. The van der Waals surface area contributed by atoms with Crippen LogP contribution in [0.1, 0.15) is 18.4 Å². The lowest BCUT2D eigenvalue weighted by Gasteiger charge is -2.33. The highest BCUT2D eigenvalue weighted by Gasteiger charge is 2.58. The van der Waals surface area contributed by atoms with Crippen LogP contribution in [0.2, 0.25) is 5.02 Å². The Kier molecular flexibility index (Phi) is 3.71. The lowest BCUT2D eigenvalue weighted by atomic mass is 9.88. The van der Waals surface area contributed by atoms with Crippen molar-refractivity contribution in [2.24, 2.45) is 0 Å². The standard InChI is InChI=1S/C14H15Cl2N3O3/c15-11-9(1-2-10(20)12(11)21)5-14(22,13(16)3-4-13)6-19-8-17-7-18-19/h1-2,7-8,20-22H,3-6H2. The van der Waals surface area contributed by atoms with Gasteiger partial charge in [0.15, 0.2) is 11.5 Å². The number of nitrogens with zero attached hydrogens (tertiary/aromatic N) is 3. The van der Waals surface area contributed by atoms with Gasteiger partial charge in [-0.1, -0.05) is 17.7 Å². The number of halogens is 2. The number of rotatable bonds is 5. The smallest absolute Gasteiger partial charge is 0.176 e. The molecule has 0 aliphatic heterocycles. The molecule has 8 heteroatoms. The molecule has 3 rings (SSSR count). The summed E-state index contributed by atoms with van der Waals surface area (Å²) in [6, 6.07) is 2.90. The second-order valence-electron chi connectivity index (χ2n) is 5.67. The highest BCUT2D eigenvalue weighted by molar-refractivity contribution is 6.33. The molecule has 1 aromatic heterocycles. The number of hydrogen-bond donors (Lipinski definition) is 3. The topological polar surface area (TPSA) is 91.4 Å². The van der Waals surface area contributed by atoms with Crippen LogP contribution in [0.3, 0.4) is 0 Å². The third-order valence-electron chi connectivity index (χ3n) is 4.07. The molecule has 1 fully saturated rings. The zero-order chi connectivity index (χ0) is 16.0. The van der Waals surface area contributed by atoms with E-state index in [2.05, 4.69) is 10.1 Å². The van der Waals surface area contributed by atoms with Crippen LogP contribution < -0.4 is 0 Å². The number of benzene rings is 1. The molecule has 0 bridgehead atoms. The van der Waals surface area contributed by atoms with E-state index >= 15 is 0 Å². The molecule has 6 nitrogen and oxygen atoms in total. The number of aliphatic hydroxyl groups is 1. The first kappa shape index (κ1) is 15.4. The Morgan fingerprint density at radius 1 is 1.32 bits per heavy atom. The average molecular weight is 344 g/mol. The summed E-state index contributed by atoms with van der Waals surface area (Å²) in [6.07, 6.45) is 4.38. The number of aromatic nitrogens is 3. The molecule has 0 amide bonds. The van der Waals surface area contributed by atoms with Gasteiger partial charge in [0.2, 0.25) is 0 Å². The van der Waals surface area contributed by atoms with Gasteiger partial charge in [0, 0.05) is 6.42 Å². The zero-order valence-corrected chi connectivity index (χ0v) is 13.1.